The van der Waals surface area contributed by atoms with Crippen molar-refractivity contribution in [3.05, 3.63) is 22.7 Å². The number of ether oxygens (including phenoxy) is 2. The summed E-state index contributed by atoms with van der Waals surface area (Å²) >= 11 is 0. The zero-order chi connectivity index (χ0) is 16.6. The van der Waals surface area contributed by atoms with E-state index in [1.165, 1.54) is 4.57 Å². The number of morpholine rings is 1. The number of nitrogen functional groups attached to an aromatic ring is 1. The van der Waals surface area contributed by atoms with Crippen LogP contribution in [0.2, 0.25) is 0 Å². The summed E-state index contributed by atoms with van der Waals surface area (Å²) in [6, 6.07) is 1.56. The fraction of sp³-hybridized carbons (Fsp3) is 0.733. The van der Waals surface area contributed by atoms with E-state index in [-0.39, 0.29) is 23.4 Å². The summed E-state index contributed by atoms with van der Waals surface area (Å²) in [6.45, 7) is 5.92. The molecular weight excluding hydrogens is 300 g/mol. The highest BCUT2D eigenvalue weighted by Crippen LogP contribution is 2.51. The molecule has 23 heavy (non-hydrogen) atoms. The minimum atomic E-state index is -0.429. The number of nitrogens with two attached hydrogens (primary N) is 1. The predicted molar refractivity (Wildman–Crippen MR) is 83.5 cm³/mol. The Kier molecular flexibility index (Phi) is 4.41. The first kappa shape index (κ1) is 16.4. The van der Waals surface area contributed by atoms with Gasteiger partial charge in [-0.25, -0.2) is 4.79 Å². The van der Waals surface area contributed by atoms with Gasteiger partial charge in [0.15, 0.2) is 6.23 Å². The standard InChI is InChI=1S/C15H24N4O4/c1-4-15-9-19(22-8-7-21-3)12(10(15)2)13(23-15)18-6-5-11(16)17-14(18)20/h5-6,10,12-13H,4,7-9H2,1-3H3,(H2,16,17,20)/t10-,12+,13+,15-/m0/s1. The van der Waals surface area contributed by atoms with Crippen molar-refractivity contribution in [2.75, 3.05) is 32.6 Å². The van der Waals surface area contributed by atoms with E-state index in [0.29, 0.717) is 19.8 Å². The van der Waals surface area contributed by atoms with Crippen molar-refractivity contribution in [3.8, 4) is 0 Å². The van der Waals surface area contributed by atoms with Crippen LogP contribution in [0.15, 0.2) is 17.1 Å². The number of hydrogen-bond donors (Lipinski definition) is 1. The molecule has 3 rings (SSSR count). The van der Waals surface area contributed by atoms with E-state index >= 15 is 0 Å². The largest absolute Gasteiger partial charge is 0.383 e. The molecule has 8 heteroatoms. The summed E-state index contributed by atoms with van der Waals surface area (Å²) in [4.78, 5) is 21.8. The van der Waals surface area contributed by atoms with Gasteiger partial charge < -0.3 is 15.2 Å². The highest BCUT2D eigenvalue weighted by atomic mass is 16.7. The van der Waals surface area contributed by atoms with Gasteiger partial charge in [0.1, 0.15) is 5.82 Å². The van der Waals surface area contributed by atoms with Crippen LogP contribution in [-0.2, 0) is 14.3 Å². The second kappa shape index (κ2) is 6.20. The molecule has 2 N–H and O–H groups in total. The highest BCUT2D eigenvalue weighted by molar-refractivity contribution is 5.24. The van der Waals surface area contributed by atoms with E-state index in [0.717, 1.165) is 6.42 Å². The highest BCUT2D eigenvalue weighted by Gasteiger charge is 2.62. The number of hydroxylamine groups is 2. The Morgan fingerprint density at radius 2 is 2.30 bits per heavy atom. The van der Waals surface area contributed by atoms with Crippen molar-refractivity contribution >= 4 is 5.82 Å². The van der Waals surface area contributed by atoms with Crippen LogP contribution in [0.3, 0.4) is 0 Å². The van der Waals surface area contributed by atoms with Crippen LogP contribution in [-0.4, -0.2) is 53.1 Å². The van der Waals surface area contributed by atoms with Crippen molar-refractivity contribution in [2.45, 2.75) is 38.1 Å². The number of anilines is 1. The van der Waals surface area contributed by atoms with Crippen molar-refractivity contribution in [2.24, 2.45) is 5.92 Å². The Morgan fingerprint density at radius 3 is 2.91 bits per heavy atom. The number of fused-ring (bicyclic) bond motifs is 2. The Hall–Kier alpha value is -1.48. The van der Waals surface area contributed by atoms with Crippen LogP contribution in [0.5, 0.6) is 0 Å². The monoisotopic (exact) mass is 324 g/mol. The van der Waals surface area contributed by atoms with E-state index < -0.39 is 11.9 Å². The van der Waals surface area contributed by atoms with Gasteiger partial charge in [0.25, 0.3) is 0 Å². The fourth-order valence-corrected chi connectivity index (χ4v) is 3.65. The lowest BCUT2D eigenvalue weighted by molar-refractivity contribution is -0.252. The van der Waals surface area contributed by atoms with Gasteiger partial charge in [-0.05, 0) is 12.5 Å². The summed E-state index contributed by atoms with van der Waals surface area (Å²) in [5.41, 5.74) is 4.85. The molecule has 0 saturated carbocycles. The van der Waals surface area contributed by atoms with E-state index in [9.17, 15) is 4.79 Å². The number of aromatic nitrogens is 2. The van der Waals surface area contributed by atoms with Gasteiger partial charge in [0.2, 0.25) is 0 Å². The minimum absolute atomic E-state index is 0.0464. The fourth-order valence-electron chi connectivity index (χ4n) is 3.65. The topological polar surface area (TPSA) is 91.8 Å². The van der Waals surface area contributed by atoms with Gasteiger partial charge >= 0.3 is 5.69 Å². The summed E-state index contributed by atoms with van der Waals surface area (Å²) in [5, 5.41) is 1.93. The summed E-state index contributed by atoms with van der Waals surface area (Å²) < 4.78 is 12.8. The number of rotatable bonds is 6. The van der Waals surface area contributed by atoms with Crippen molar-refractivity contribution < 1.29 is 14.3 Å². The first-order chi connectivity index (χ1) is 11.0. The van der Waals surface area contributed by atoms with Gasteiger partial charge in [-0.3, -0.25) is 9.40 Å². The number of methoxy groups -OCH3 is 1. The number of hydrogen-bond acceptors (Lipinski definition) is 7. The predicted octanol–water partition coefficient (Wildman–Crippen LogP) is 0.401. The zero-order valence-corrected chi connectivity index (χ0v) is 13.8. The van der Waals surface area contributed by atoms with E-state index in [2.05, 4.69) is 18.8 Å². The molecule has 8 nitrogen and oxygen atoms in total. The molecule has 4 atom stereocenters. The summed E-state index contributed by atoms with van der Waals surface area (Å²) in [7, 11) is 1.64. The Morgan fingerprint density at radius 1 is 1.52 bits per heavy atom. The Balaban J connectivity index is 1.88. The average Bonchev–Trinajstić information content (AvgIpc) is 2.95. The SMILES string of the molecule is CC[C@@]12CN(OCCOC)[C@@H]([C@H](n3ccc(N)nc3=O)O1)[C@@H]2C. The Bertz CT molecular complexity index is 622. The van der Waals surface area contributed by atoms with Crippen molar-refractivity contribution in [1.29, 1.82) is 0 Å². The molecule has 3 heterocycles. The molecular formula is C15H24N4O4. The molecule has 0 aromatic carbocycles. The molecule has 0 aliphatic carbocycles. The van der Waals surface area contributed by atoms with Crippen LogP contribution in [0.4, 0.5) is 5.82 Å². The smallest absolute Gasteiger partial charge is 0.351 e. The molecule has 128 valence electrons. The lowest BCUT2D eigenvalue weighted by Gasteiger charge is -2.36. The van der Waals surface area contributed by atoms with Gasteiger partial charge in [-0.15, -0.1) is 0 Å². The molecule has 0 radical (unpaired) electrons. The second-order valence-corrected chi connectivity index (χ2v) is 6.15. The van der Waals surface area contributed by atoms with Gasteiger partial charge in [-0.2, -0.15) is 10.0 Å². The minimum Gasteiger partial charge on any atom is -0.383 e. The molecule has 1 aromatic heterocycles. The van der Waals surface area contributed by atoms with Crippen LogP contribution in [0.1, 0.15) is 26.5 Å². The van der Waals surface area contributed by atoms with E-state index in [1.807, 2.05) is 5.06 Å². The maximum atomic E-state index is 12.2. The first-order valence-electron chi connectivity index (χ1n) is 7.93. The lowest BCUT2D eigenvalue weighted by atomic mass is 9.88. The molecule has 2 fully saturated rings. The third kappa shape index (κ3) is 2.65. The van der Waals surface area contributed by atoms with Crippen LogP contribution in [0, 0.1) is 5.92 Å². The molecule has 2 bridgehead atoms. The molecule has 0 spiro atoms. The third-order valence-electron chi connectivity index (χ3n) is 5.01. The van der Waals surface area contributed by atoms with Crippen molar-refractivity contribution in [1.82, 2.24) is 14.6 Å². The number of nitrogens with zero attached hydrogens (tertiary/aromatic N) is 3. The summed E-state index contributed by atoms with van der Waals surface area (Å²) in [6.07, 6.45) is 2.06. The average molecular weight is 324 g/mol. The molecule has 2 aliphatic rings. The van der Waals surface area contributed by atoms with E-state index in [1.54, 1.807) is 19.4 Å². The molecule has 1 aromatic rings. The first-order valence-corrected chi connectivity index (χ1v) is 7.93. The van der Waals surface area contributed by atoms with Gasteiger partial charge in [0, 0.05) is 19.2 Å². The normalized spacial score (nSPS) is 33.4. The van der Waals surface area contributed by atoms with Crippen molar-refractivity contribution in [3.63, 3.8) is 0 Å². The van der Waals surface area contributed by atoms with Gasteiger partial charge in [0.05, 0.1) is 31.4 Å². The van der Waals surface area contributed by atoms with Crippen LogP contribution < -0.4 is 11.4 Å². The third-order valence-corrected chi connectivity index (χ3v) is 5.01. The summed E-state index contributed by atoms with van der Waals surface area (Å²) in [5.74, 6) is 0.449. The maximum absolute atomic E-state index is 12.2. The van der Waals surface area contributed by atoms with Gasteiger partial charge in [-0.1, -0.05) is 13.8 Å². The maximum Gasteiger partial charge on any atom is 0.351 e. The lowest BCUT2D eigenvalue weighted by Crippen LogP contribution is -2.47. The molecule has 0 amide bonds. The quantitative estimate of drug-likeness (QED) is 0.757. The second-order valence-electron chi connectivity index (χ2n) is 6.15. The zero-order valence-electron chi connectivity index (χ0n) is 13.8. The molecule has 0 unspecified atom stereocenters. The molecule has 2 aliphatic heterocycles. The Labute approximate surface area is 135 Å². The van der Waals surface area contributed by atoms with E-state index in [4.69, 9.17) is 20.0 Å². The van der Waals surface area contributed by atoms with Crippen LogP contribution >= 0.6 is 0 Å². The molecule has 2 saturated heterocycles. The van der Waals surface area contributed by atoms with Crippen LogP contribution in [0.25, 0.3) is 0 Å².